The maximum absolute atomic E-state index is 11.9. The summed E-state index contributed by atoms with van der Waals surface area (Å²) in [5, 5.41) is 0. The summed E-state index contributed by atoms with van der Waals surface area (Å²) in [7, 11) is 0. The zero-order valence-electron chi connectivity index (χ0n) is 8.59. The molecule has 1 saturated heterocycles. The fourth-order valence-corrected chi connectivity index (χ4v) is 2.46. The van der Waals surface area contributed by atoms with Crippen LogP contribution in [0.4, 0.5) is 13.2 Å². The maximum atomic E-state index is 11.9. The second-order valence-corrected chi connectivity index (χ2v) is 4.88. The van der Waals surface area contributed by atoms with Gasteiger partial charge >= 0.3 is 5.51 Å². The van der Waals surface area contributed by atoms with Gasteiger partial charge in [-0.1, -0.05) is 6.42 Å². The number of hydrogen-bond acceptors (Lipinski definition) is 3. The molecular weight excluding hydrogens is 225 g/mol. The molecule has 0 spiro atoms. The van der Waals surface area contributed by atoms with E-state index in [1.807, 2.05) is 0 Å². The molecule has 2 N–H and O–H groups in total. The van der Waals surface area contributed by atoms with Gasteiger partial charge in [0.15, 0.2) is 0 Å². The lowest BCUT2D eigenvalue weighted by atomic mass is 10.0. The third-order valence-corrected chi connectivity index (χ3v) is 3.38. The van der Waals surface area contributed by atoms with Gasteiger partial charge in [-0.15, -0.1) is 0 Å². The molecule has 1 fully saturated rings. The minimum absolute atomic E-state index is 0.0573. The Kier molecular flexibility index (Phi) is 5.22. The van der Waals surface area contributed by atoms with Crippen LogP contribution < -0.4 is 5.73 Å². The largest absolute Gasteiger partial charge is 0.441 e. The molecule has 2 nitrogen and oxygen atoms in total. The number of nitrogens with zero attached hydrogens (tertiary/aromatic N) is 1. The van der Waals surface area contributed by atoms with E-state index in [4.69, 9.17) is 5.73 Å². The number of likely N-dealkylation sites (tertiary alicyclic amines) is 1. The van der Waals surface area contributed by atoms with Crippen molar-refractivity contribution in [3.05, 3.63) is 0 Å². The molecule has 0 bridgehead atoms. The predicted molar refractivity (Wildman–Crippen MR) is 56.8 cm³/mol. The summed E-state index contributed by atoms with van der Waals surface area (Å²) >= 11 is 0.0573. The molecule has 0 radical (unpaired) electrons. The molecule has 0 aliphatic carbocycles. The summed E-state index contributed by atoms with van der Waals surface area (Å²) in [5.74, 6) is 0.111. The Bertz CT molecular complexity index is 187. The summed E-state index contributed by atoms with van der Waals surface area (Å²) in [5.41, 5.74) is 1.48. The van der Waals surface area contributed by atoms with E-state index in [0.29, 0.717) is 13.1 Å². The van der Waals surface area contributed by atoms with Crippen LogP contribution in [-0.2, 0) is 0 Å². The van der Waals surface area contributed by atoms with E-state index in [2.05, 4.69) is 4.90 Å². The number of rotatable bonds is 4. The van der Waals surface area contributed by atoms with Crippen molar-refractivity contribution in [2.45, 2.75) is 30.8 Å². The highest BCUT2D eigenvalue weighted by atomic mass is 32.2. The van der Waals surface area contributed by atoms with Gasteiger partial charge in [-0.3, -0.25) is 4.90 Å². The van der Waals surface area contributed by atoms with Gasteiger partial charge in [0.05, 0.1) is 0 Å². The van der Waals surface area contributed by atoms with E-state index in [1.165, 1.54) is 0 Å². The van der Waals surface area contributed by atoms with E-state index in [1.54, 1.807) is 0 Å². The molecule has 1 aliphatic heterocycles. The Labute approximate surface area is 92.4 Å². The molecule has 1 rings (SSSR count). The number of hydrogen-bond donors (Lipinski definition) is 1. The molecule has 1 atom stereocenters. The molecule has 15 heavy (non-hydrogen) atoms. The maximum Gasteiger partial charge on any atom is 0.441 e. The molecule has 0 amide bonds. The number of alkyl halides is 3. The number of halogens is 3. The van der Waals surface area contributed by atoms with Crippen molar-refractivity contribution in [1.82, 2.24) is 4.90 Å². The van der Waals surface area contributed by atoms with E-state index in [-0.39, 0.29) is 23.6 Å². The zero-order valence-corrected chi connectivity index (χ0v) is 9.41. The normalized spacial score (nSPS) is 24.4. The number of nitrogens with two attached hydrogens (primary N) is 1. The van der Waals surface area contributed by atoms with Gasteiger partial charge in [0.25, 0.3) is 0 Å². The van der Waals surface area contributed by atoms with Gasteiger partial charge < -0.3 is 5.73 Å². The lowest BCUT2D eigenvalue weighted by molar-refractivity contribution is -0.0329. The highest BCUT2D eigenvalue weighted by Crippen LogP contribution is 2.30. The van der Waals surface area contributed by atoms with Gasteiger partial charge in [0, 0.05) is 24.9 Å². The van der Waals surface area contributed by atoms with Crippen molar-refractivity contribution >= 4 is 11.8 Å². The van der Waals surface area contributed by atoms with Crippen LogP contribution in [0.15, 0.2) is 0 Å². The topological polar surface area (TPSA) is 29.3 Å². The first kappa shape index (κ1) is 13.1. The summed E-state index contributed by atoms with van der Waals surface area (Å²) in [4.78, 5) is 2.09. The van der Waals surface area contributed by atoms with Gasteiger partial charge in [-0.2, -0.15) is 13.2 Å². The van der Waals surface area contributed by atoms with Crippen molar-refractivity contribution in [3.8, 4) is 0 Å². The minimum atomic E-state index is -4.10. The van der Waals surface area contributed by atoms with Crippen molar-refractivity contribution in [2.24, 2.45) is 5.73 Å². The molecule has 90 valence electrons. The molecule has 1 aliphatic rings. The molecular formula is C9H17F3N2S. The molecule has 1 heterocycles. The van der Waals surface area contributed by atoms with Crippen LogP contribution in [0.2, 0.25) is 0 Å². The van der Waals surface area contributed by atoms with Crippen molar-refractivity contribution < 1.29 is 13.2 Å². The fraction of sp³-hybridized carbons (Fsp3) is 1.00. The fourth-order valence-electron chi connectivity index (χ4n) is 1.90. The molecule has 0 aromatic rings. The van der Waals surface area contributed by atoms with Crippen LogP contribution in [0.25, 0.3) is 0 Å². The van der Waals surface area contributed by atoms with Gasteiger partial charge in [-0.05, 0) is 31.1 Å². The minimum Gasteiger partial charge on any atom is -0.329 e. The smallest absolute Gasteiger partial charge is 0.329 e. The Morgan fingerprint density at radius 3 is 2.67 bits per heavy atom. The average molecular weight is 242 g/mol. The van der Waals surface area contributed by atoms with Crippen molar-refractivity contribution in [2.75, 3.05) is 25.4 Å². The summed E-state index contributed by atoms with van der Waals surface area (Å²) in [6, 6.07) is 0.285. The van der Waals surface area contributed by atoms with Gasteiger partial charge in [-0.25, -0.2) is 0 Å². The molecule has 1 unspecified atom stereocenters. The van der Waals surface area contributed by atoms with Crippen molar-refractivity contribution in [3.63, 3.8) is 0 Å². The molecule has 0 aromatic carbocycles. The summed E-state index contributed by atoms with van der Waals surface area (Å²) in [6.45, 7) is 1.93. The van der Waals surface area contributed by atoms with Crippen LogP contribution in [-0.4, -0.2) is 41.8 Å². The van der Waals surface area contributed by atoms with E-state index in [9.17, 15) is 13.2 Å². The first-order chi connectivity index (χ1) is 7.03. The van der Waals surface area contributed by atoms with Gasteiger partial charge in [0.2, 0.25) is 0 Å². The molecule has 0 aromatic heterocycles. The first-order valence-electron chi connectivity index (χ1n) is 5.18. The van der Waals surface area contributed by atoms with Crippen LogP contribution in [0.3, 0.4) is 0 Å². The lowest BCUT2D eigenvalue weighted by Crippen LogP contribution is -2.45. The third-order valence-electron chi connectivity index (χ3n) is 2.67. The summed E-state index contributed by atoms with van der Waals surface area (Å²) in [6.07, 6.45) is 3.24. The van der Waals surface area contributed by atoms with E-state index < -0.39 is 5.51 Å². The predicted octanol–water partition coefficient (Wildman–Crippen LogP) is 2.05. The highest BCUT2D eigenvalue weighted by Gasteiger charge is 2.29. The Morgan fingerprint density at radius 2 is 2.07 bits per heavy atom. The Balaban J connectivity index is 2.23. The van der Waals surface area contributed by atoms with Crippen molar-refractivity contribution in [1.29, 1.82) is 0 Å². The quantitative estimate of drug-likeness (QED) is 0.818. The van der Waals surface area contributed by atoms with Gasteiger partial charge in [0.1, 0.15) is 0 Å². The number of thioether (sulfide) groups is 1. The molecule has 6 heteroatoms. The monoisotopic (exact) mass is 242 g/mol. The van der Waals surface area contributed by atoms with Crippen LogP contribution in [0.5, 0.6) is 0 Å². The average Bonchev–Trinajstić information content (AvgIpc) is 2.16. The van der Waals surface area contributed by atoms with Crippen LogP contribution >= 0.6 is 11.8 Å². The Hall–Kier alpha value is 0.0600. The zero-order chi connectivity index (χ0) is 11.3. The second kappa shape index (κ2) is 5.96. The SMILES string of the molecule is NCC1CCCCN1CCSC(F)(F)F. The lowest BCUT2D eigenvalue weighted by Gasteiger charge is -2.34. The van der Waals surface area contributed by atoms with Crippen LogP contribution in [0, 0.1) is 0 Å². The van der Waals surface area contributed by atoms with Crippen LogP contribution in [0.1, 0.15) is 19.3 Å². The first-order valence-corrected chi connectivity index (χ1v) is 6.16. The molecule has 0 saturated carbocycles. The number of piperidine rings is 1. The standard InChI is InChI=1S/C9H17F3N2S/c10-9(11,12)15-6-5-14-4-2-1-3-8(14)7-13/h8H,1-7,13H2. The van der Waals surface area contributed by atoms with E-state index in [0.717, 1.165) is 25.8 Å². The third kappa shape index (κ3) is 5.08. The highest BCUT2D eigenvalue weighted by molar-refractivity contribution is 8.00. The summed E-state index contributed by atoms with van der Waals surface area (Å²) < 4.78 is 35.7. The Morgan fingerprint density at radius 1 is 1.33 bits per heavy atom. The second-order valence-electron chi connectivity index (χ2n) is 3.72. The van der Waals surface area contributed by atoms with E-state index >= 15 is 0 Å².